The van der Waals surface area contributed by atoms with Crippen molar-refractivity contribution in [1.82, 2.24) is 0 Å². The summed E-state index contributed by atoms with van der Waals surface area (Å²) in [6, 6.07) is 7.70. The van der Waals surface area contributed by atoms with Gasteiger partial charge in [0.15, 0.2) is 0 Å². The molecule has 0 spiro atoms. The Morgan fingerprint density at radius 1 is 1.09 bits per heavy atom. The number of amides is 1. The Bertz CT molecular complexity index is 921. The zero-order valence-electron chi connectivity index (χ0n) is 21.7. The van der Waals surface area contributed by atoms with Gasteiger partial charge >= 0.3 is 0 Å². The first-order valence-corrected chi connectivity index (χ1v) is 14.9. The van der Waals surface area contributed by atoms with Gasteiger partial charge in [-0.1, -0.05) is 49.5 Å². The normalized spacial score (nSPS) is 43.5. The molecule has 0 aromatic heterocycles. The molecule has 5 rings (SSSR count). The van der Waals surface area contributed by atoms with Crippen LogP contribution < -0.4 is 5.32 Å². The number of hydrogen-bond acceptors (Lipinski definition) is 3. The highest BCUT2D eigenvalue weighted by molar-refractivity contribution is 9.10. The maximum Gasteiger partial charge on any atom is 0.224 e. The van der Waals surface area contributed by atoms with Crippen molar-refractivity contribution in [2.75, 3.05) is 5.32 Å². The van der Waals surface area contributed by atoms with E-state index in [1.165, 1.54) is 25.7 Å². The van der Waals surface area contributed by atoms with Crippen molar-refractivity contribution in [3.63, 3.8) is 0 Å². The molecule has 1 aromatic carbocycles. The minimum Gasteiger partial charge on any atom is -0.393 e. The van der Waals surface area contributed by atoms with Crippen LogP contribution in [-0.2, 0) is 4.79 Å². The molecule has 4 aliphatic carbocycles. The van der Waals surface area contributed by atoms with Crippen LogP contribution in [0.1, 0.15) is 85.0 Å². The lowest BCUT2D eigenvalue weighted by Crippen LogP contribution is -2.61. The molecule has 5 heteroatoms. The molecule has 35 heavy (non-hydrogen) atoms. The lowest BCUT2D eigenvalue weighted by atomic mass is 9.43. The highest BCUT2D eigenvalue weighted by Gasteiger charge is 2.65. The highest BCUT2D eigenvalue weighted by Crippen LogP contribution is 2.68. The van der Waals surface area contributed by atoms with Gasteiger partial charge in [0.25, 0.3) is 0 Å². The van der Waals surface area contributed by atoms with E-state index in [0.717, 1.165) is 42.3 Å². The molecule has 3 N–H and O–H groups in total. The molecule has 0 aliphatic heterocycles. The first-order chi connectivity index (χ1) is 16.6. The van der Waals surface area contributed by atoms with Crippen LogP contribution in [0.3, 0.4) is 0 Å². The summed E-state index contributed by atoms with van der Waals surface area (Å²) in [6.45, 7) is 7.07. The van der Waals surface area contributed by atoms with Crippen molar-refractivity contribution in [2.45, 2.75) is 97.2 Å². The number of nitrogens with one attached hydrogen (secondary N) is 1. The van der Waals surface area contributed by atoms with Crippen LogP contribution in [0, 0.1) is 46.3 Å². The monoisotopic (exact) mass is 545 g/mol. The number of anilines is 1. The van der Waals surface area contributed by atoms with Crippen LogP contribution >= 0.6 is 15.9 Å². The summed E-state index contributed by atoms with van der Waals surface area (Å²) in [6.07, 6.45) is 9.89. The molecule has 0 bridgehead atoms. The number of fused-ring (bicyclic) bond motifs is 5. The van der Waals surface area contributed by atoms with Gasteiger partial charge in [-0.05, 0) is 116 Å². The van der Waals surface area contributed by atoms with Gasteiger partial charge in [0.05, 0.1) is 12.2 Å². The van der Waals surface area contributed by atoms with Crippen molar-refractivity contribution in [3.05, 3.63) is 28.7 Å². The van der Waals surface area contributed by atoms with Crippen LogP contribution in [-0.4, -0.2) is 28.3 Å². The Labute approximate surface area is 219 Å². The van der Waals surface area contributed by atoms with Gasteiger partial charge in [0.1, 0.15) is 0 Å². The summed E-state index contributed by atoms with van der Waals surface area (Å²) in [4.78, 5) is 12.6. The van der Waals surface area contributed by atoms with Gasteiger partial charge in [-0.15, -0.1) is 0 Å². The molecule has 4 nitrogen and oxygen atoms in total. The topological polar surface area (TPSA) is 69.6 Å². The molecule has 1 aromatic rings. The van der Waals surface area contributed by atoms with Gasteiger partial charge in [-0.3, -0.25) is 4.79 Å². The Kier molecular flexibility index (Phi) is 7.17. The lowest BCUT2D eigenvalue weighted by Gasteiger charge is -2.63. The fourth-order valence-electron chi connectivity index (χ4n) is 9.50. The molecule has 4 saturated carbocycles. The van der Waals surface area contributed by atoms with Crippen LogP contribution in [0.5, 0.6) is 0 Å². The summed E-state index contributed by atoms with van der Waals surface area (Å²) < 4.78 is 0.998. The Morgan fingerprint density at radius 3 is 2.57 bits per heavy atom. The summed E-state index contributed by atoms with van der Waals surface area (Å²) >= 11 is 3.43. The third kappa shape index (κ3) is 4.42. The average Bonchev–Trinajstić information content (AvgIpc) is 3.18. The van der Waals surface area contributed by atoms with Crippen LogP contribution in [0.15, 0.2) is 28.7 Å². The fraction of sp³-hybridized carbons (Fsp3) is 0.767. The zero-order valence-corrected chi connectivity index (χ0v) is 23.3. The number of hydrogen-bond donors (Lipinski definition) is 3. The van der Waals surface area contributed by atoms with Crippen molar-refractivity contribution in [3.8, 4) is 0 Å². The number of aliphatic hydroxyl groups is 2. The van der Waals surface area contributed by atoms with Crippen molar-refractivity contribution in [1.29, 1.82) is 0 Å². The summed E-state index contributed by atoms with van der Waals surface area (Å²) in [5.74, 6) is 2.58. The third-order valence-electron chi connectivity index (χ3n) is 11.4. The van der Waals surface area contributed by atoms with E-state index in [0.29, 0.717) is 41.9 Å². The second kappa shape index (κ2) is 9.76. The Balaban J connectivity index is 1.27. The number of rotatable bonds is 5. The summed E-state index contributed by atoms with van der Waals surface area (Å²) in [7, 11) is 0. The van der Waals surface area contributed by atoms with E-state index in [1.54, 1.807) is 0 Å². The van der Waals surface area contributed by atoms with E-state index in [-0.39, 0.29) is 28.9 Å². The fourth-order valence-corrected chi connectivity index (χ4v) is 9.77. The second-order valence-electron chi connectivity index (χ2n) is 12.9. The predicted molar refractivity (Wildman–Crippen MR) is 144 cm³/mol. The predicted octanol–water partition coefficient (Wildman–Crippen LogP) is 6.79. The average molecular weight is 547 g/mol. The highest BCUT2D eigenvalue weighted by atomic mass is 79.9. The number of aliphatic hydroxyl groups excluding tert-OH is 2. The Hall–Kier alpha value is -0.910. The van der Waals surface area contributed by atoms with Gasteiger partial charge < -0.3 is 15.5 Å². The molecule has 0 heterocycles. The van der Waals surface area contributed by atoms with Gasteiger partial charge in [0, 0.05) is 16.6 Å². The van der Waals surface area contributed by atoms with Gasteiger partial charge in [-0.25, -0.2) is 0 Å². The summed E-state index contributed by atoms with van der Waals surface area (Å²) in [5.41, 5.74) is 0.939. The van der Waals surface area contributed by atoms with E-state index < -0.39 is 0 Å². The SMILES string of the molecule is CC(CCC(=O)Nc1ccc(Br)cc1)C1CCC2C3C(O)CC4CCCCC4(C)C3CC(O)C12C. The van der Waals surface area contributed by atoms with Gasteiger partial charge in [-0.2, -0.15) is 0 Å². The van der Waals surface area contributed by atoms with E-state index in [1.807, 2.05) is 24.3 Å². The molecule has 0 saturated heterocycles. The molecule has 10 atom stereocenters. The Morgan fingerprint density at radius 2 is 1.83 bits per heavy atom. The maximum atomic E-state index is 12.6. The minimum absolute atomic E-state index is 0.0575. The van der Waals surface area contributed by atoms with Crippen LogP contribution in [0.25, 0.3) is 0 Å². The quantitative estimate of drug-likeness (QED) is 0.381. The number of carbonyl (C=O) groups excluding carboxylic acids is 1. The second-order valence-corrected chi connectivity index (χ2v) is 13.8. The molecular formula is C30H44BrNO3. The molecule has 4 aliphatic rings. The lowest BCUT2D eigenvalue weighted by molar-refractivity contribution is -0.201. The van der Waals surface area contributed by atoms with Crippen molar-refractivity contribution in [2.24, 2.45) is 46.3 Å². The third-order valence-corrected chi connectivity index (χ3v) is 11.9. The molecule has 4 fully saturated rings. The number of benzene rings is 1. The number of carbonyl (C=O) groups is 1. The van der Waals surface area contributed by atoms with Crippen molar-refractivity contribution >= 4 is 27.5 Å². The summed E-state index contributed by atoms with van der Waals surface area (Å²) in [5, 5.41) is 26.2. The molecule has 194 valence electrons. The maximum absolute atomic E-state index is 12.6. The smallest absolute Gasteiger partial charge is 0.224 e. The first kappa shape index (κ1) is 25.7. The minimum atomic E-state index is -0.315. The molecular weight excluding hydrogens is 502 g/mol. The van der Waals surface area contributed by atoms with Gasteiger partial charge in [0.2, 0.25) is 5.91 Å². The van der Waals surface area contributed by atoms with Crippen LogP contribution in [0.4, 0.5) is 5.69 Å². The molecule has 1 amide bonds. The zero-order chi connectivity index (χ0) is 25.0. The molecule has 10 unspecified atom stereocenters. The van der Waals surface area contributed by atoms with E-state index in [9.17, 15) is 15.0 Å². The number of halogens is 1. The van der Waals surface area contributed by atoms with Crippen molar-refractivity contribution < 1.29 is 15.0 Å². The first-order valence-electron chi connectivity index (χ1n) is 14.1. The van der Waals surface area contributed by atoms with E-state index >= 15 is 0 Å². The largest absolute Gasteiger partial charge is 0.393 e. The van der Waals surface area contributed by atoms with E-state index in [4.69, 9.17) is 0 Å². The van der Waals surface area contributed by atoms with E-state index in [2.05, 4.69) is 42.0 Å². The van der Waals surface area contributed by atoms with Crippen LogP contribution in [0.2, 0.25) is 0 Å². The standard InChI is InChI=1S/C30H44BrNO3/c1-18(7-14-27(35)32-21-10-8-20(31)9-11-21)22-12-13-23-28-24(17-26(34)30(22,23)3)29(2)15-5-4-6-19(29)16-25(28)33/h8-11,18-19,22-26,28,33-34H,4-7,12-17H2,1-3H3,(H,32,35). The molecule has 0 radical (unpaired) electrons.